The minimum atomic E-state index is -3.63. The van der Waals surface area contributed by atoms with E-state index in [2.05, 4.69) is 4.72 Å². The van der Waals surface area contributed by atoms with E-state index in [1.807, 2.05) is 39.0 Å². The minimum absolute atomic E-state index is 0.0153. The van der Waals surface area contributed by atoms with Crippen LogP contribution in [0.3, 0.4) is 0 Å². The number of carbonyl (C=O) groups excluding carboxylic acids is 1. The number of nitrogens with one attached hydrogen (secondary N) is 1. The highest BCUT2D eigenvalue weighted by Gasteiger charge is 2.38. The first kappa shape index (κ1) is 24.5. The number of hydrogen-bond acceptors (Lipinski definition) is 5. The number of hydrogen-bond donors (Lipinski definition) is 1. The van der Waals surface area contributed by atoms with Crippen LogP contribution in [-0.4, -0.2) is 68.5 Å². The van der Waals surface area contributed by atoms with Gasteiger partial charge in [-0.1, -0.05) is 23.8 Å². The van der Waals surface area contributed by atoms with Crippen LogP contribution >= 0.6 is 0 Å². The molecule has 0 bridgehead atoms. The van der Waals surface area contributed by atoms with Crippen LogP contribution in [0.25, 0.3) is 0 Å². The number of anilines is 1. The van der Waals surface area contributed by atoms with Gasteiger partial charge in [0.2, 0.25) is 0 Å². The molecule has 2 heterocycles. The molecule has 4 rings (SSSR count). The van der Waals surface area contributed by atoms with Crippen molar-refractivity contribution < 1.29 is 22.7 Å². The van der Waals surface area contributed by atoms with Crippen molar-refractivity contribution in [3.63, 3.8) is 0 Å². The lowest BCUT2D eigenvalue weighted by Crippen LogP contribution is -2.38. The first-order valence-corrected chi connectivity index (χ1v) is 13.1. The summed E-state index contributed by atoms with van der Waals surface area (Å²) in [6.45, 7) is 7.14. The number of carbonyl (C=O) groups is 1. The van der Waals surface area contributed by atoms with Crippen LogP contribution in [0.4, 0.5) is 5.69 Å². The molecule has 2 fully saturated rings. The van der Waals surface area contributed by atoms with Gasteiger partial charge in [-0.15, -0.1) is 0 Å². The van der Waals surface area contributed by atoms with Crippen LogP contribution in [-0.2, 0) is 14.9 Å². The second kappa shape index (κ2) is 9.93. The zero-order valence-corrected chi connectivity index (χ0v) is 21.0. The molecule has 0 aliphatic carbocycles. The van der Waals surface area contributed by atoms with Crippen molar-refractivity contribution in [1.82, 2.24) is 9.21 Å². The van der Waals surface area contributed by atoms with Gasteiger partial charge in [-0.3, -0.25) is 9.52 Å². The van der Waals surface area contributed by atoms with Crippen molar-refractivity contribution in [2.75, 3.05) is 31.5 Å². The molecular formula is C25H33N3O5S. The van der Waals surface area contributed by atoms with Crippen LogP contribution in [0.15, 0.2) is 42.5 Å². The molecule has 2 aromatic carbocycles. The number of aryl methyl sites for hydroxylation is 2. The van der Waals surface area contributed by atoms with Gasteiger partial charge >= 0.3 is 10.2 Å². The fourth-order valence-electron chi connectivity index (χ4n) is 4.67. The molecule has 1 N–H and O–H groups in total. The molecular weight excluding hydrogens is 454 g/mol. The predicted octanol–water partition coefficient (Wildman–Crippen LogP) is 3.36. The smallest absolute Gasteiger partial charge is 0.301 e. The first-order valence-electron chi connectivity index (χ1n) is 11.6. The summed E-state index contributed by atoms with van der Waals surface area (Å²) in [6, 6.07) is 12.7. The predicted molar refractivity (Wildman–Crippen MR) is 131 cm³/mol. The maximum Gasteiger partial charge on any atom is 0.301 e. The molecule has 1 amide bonds. The van der Waals surface area contributed by atoms with Crippen molar-refractivity contribution in [3.05, 3.63) is 59.2 Å². The lowest BCUT2D eigenvalue weighted by molar-refractivity contribution is 0.0340. The number of amides is 1. The van der Waals surface area contributed by atoms with Crippen molar-refractivity contribution >= 4 is 21.8 Å². The Morgan fingerprint density at radius 2 is 1.85 bits per heavy atom. The number of ether oxygens (including phenoxy) is 2. The van der Waals surface area contributed by atoms with Crippen molar-refractivity contribution in [2.24, 2.45) is 0 Å². The van der Waals surface area contributed by atoms with Gasteiger partial charge in [0.1, 0.15) is 18.0 Å². The Balaban J connectivity index is 1.46. The zero-order chi connectivity index (χ0) is 24.5. The molecule has 184 valence electrons. The third kappa shape index (κ3) is 5.21. The summed E-state index contributed by atoms with van der Waals surface area (Å²) in [5, 5.41) is 0. The minimum Gasteiger partial charge on any atom is -0.486 e. The van der Waals surface area contributed by atoms with Crippen LogP contribution in [0.2, 0.25) is 0 Å². The molecule has 0 saturated carbocycles. The van der Waals surface area contributed by atoms with E-state index in [-0.39, 0.29) is 24.2 Å². The molecule has 0 radical (unpaired) electrons. The Labute approximate surface area is 202 Å². The molecule has 3 unspecified atom stereocenters. The van der Waals surface area contributed by atoms with Gasteiger partial charge in [-0.05, 0) is 57.4 Å². The second-order valence-corrected chi connectivity index (χ2v) is 10.8. The van der Waals surface area contributed by atoms with Crippen LogP contribution in [0, 0.1) is 13.8 Å². The van der Waals surface area contributed by atoms with Gasteiger partial charge < -0.3 is 14.4 Å². The van der Waals surface area contributed by atoms with Crippen LogP contribution in [0.1, 0.15) is 41.3 Å². The van der Waals surface area contributed by atoms with Crippen molar-refractivity contribution in [1.29, 1.82) is 0 Å². The zero-order valence-electron chi connectivity index (χ0n) is 20.2. The van der Waals surface area contributed by atoms with Crippen molar-refractivity contribution in [2.45, 2.75) is 51.9 Å². The Hall–Kier alpha value is -2.62. The summed E-state index contributed by atoms with van der Waals surface area (Å²) in [4.78, 5) is 14.9. The molecule has 3 atom stereocenters. The summed E-state index contributed by atoms with van der Waals surface area (Å²) >= 11 is 0. The highest BCUT2D eigenvalue weighted by atomic mass is 32.2. The molecule has 0 spiro atoms. The molecule has 9 heteroatoms. The normalized spacial score (nSPS) is 23.3. The van der Waals surface area contributed by atoms with E-state index >= 15 is 0 Å². The third-order valence-corrected chi connectivity index (χ3v) is 8.25. The molecule has 2 saturated heterocycles. The van der Waals surface area contributed by atoms with Gasteiger partial charge in [0.05, 0.1) is 18.8 Å². The van der Waals surface area contributed by atoms with Gasteiger partial charge in [-0.25, -0.2) is 0 Å². The third-order valence-electron chi connectivity index (χ3n) is 6.60. The molecule has 2 aromatic rings. The standard InChI is InChI=1S/C25H33N3O5S/c1-17-10-11-18(2)22(13-17)25(29)27-15-23(32-4)24(16-27)33-21-9-5-8-20(14-21)26-34(30,31)28-12-6-7-19(28)3/h5,8-11,13-14,19,23-24,26H,6-7,12,15-16H2,1-4H3. The van der Waals surface area contributed by atoms with E-state index in [9.17, 15) is 13.2 Å². The van der Waals surface area contributed by atoms with Gasteiger partial charge in [0, 0.05) is 31.3 Å². The summed E-state index contributed by atoms with van der Waals surface area (Å²) in [7, 11) is -2.02. The average molecular weight is 488 g/mol. The highest BCUT2D eigenvalue weighted by molar-refractivity contribution is 7.90. The van der Waals surface area contributed by atoms with E-state index in [1.54, 1.807) is 36.3 Å². The van der Waals surface area contributed by atoms with Crippen LogP contribution in [0.5, 0.6) is 5.75 Å². The lowest BCUT2D eigenvalue weighted by Gasteiger charge is -2.22. The topological polar surface area (TPSA) is 88.2 Å². The average Bonchev–Trinajstić information content (AvgIpc) is 3.41. The maximum absolute atomic E-state index is 13.2. The van der Waals surface area contributed by atoms with Gasteiger partial charge in [0.25, 0.3) is 5.91 Å². The fraction of sp³-hybridized carbons (Fsp3) is 0.480. The summed E-state index contributed by atoms with van der Waals surface area (Å²) in [5.74, 6) is 0.471. The molecule has 2 aliphatic rings. The van der Waals surface area contributed by atoms with Crippen LogP contribution < -0.4 is 9.46 Å². The molecule has 34 heavy (non-hydrogen) atoms. The van der Waals surface area contributed by atoms with Gasteiger partial charge in [-0.2, -0.15) is 12.7 Å². The van der Waals surface area contributed by atoms with E-state index in [0.717, 1.165) is 24.0 Å². The summed E-state index contributed by atoms with van der Waals surface area (Å²) < 4.78 is 41.5. The number of likely N-dealkylation sites (tertiary alicyclic amines) is 1. The molecule has 2 aliphatic heterocycles. The number of benzene rings is 2. The summed E-state index contributed by atoms with van der Waals surface area (Å²) in [5.41, 5.74) is 3.09. The van der Waals surface area contributed by atoms with E-state index in [0.29, 0.717) is 36.6 Å². The Morgan fingerprint density at radius 3 is 2.56 bits per heavy atom. The quantitative estimate of drug-likeness (QED) is 0.647. The molecule has 8 nitrogen and oxygen atoms in total. The fourth-order valence-corrected chi connectivity index (χ4v) is 6.16. The largest absolute Gasteiger partial charge is 0.486 e. The maximum atomic E-state index is 13.2. The number of methoxy groups -OCH3 is 1. The monoisotopic (exact) mass is 487 g/mol. The van der Waals surface area contributed by atoms with Crippen molar-refractivity contribution in [3.8, 4) is 5.75 Å². The molecule has 0 aromatic heterocycles. The van der Waals surface area contributed by atoms with E-state index < -0.39 is 10.2 Å². The Kier molecular flexibility index (Phi) is 7.16. The van der Waals surface area contributed by atoms with E-state index in [4.69, 9.17) is 9.47 Å². The lowest BCUT2D eigenvalue weighted by atomic mass is 10.0. The number of nitrogens with zero attached hydrogens (tertiary/aromatic N) is 2. The number of rotatable bonds is 7. The summed E-state index contributed by atoms with van der Waals surface area (Å²) in [6.07, 6.45) is 1.06. The Morgan fingerprint density at radius 1 is 1.09 bits per heavy atom. The Bertz CT molecular complexity index is 1150. The second-order valence-electron chi connectivity index (χ2n) is 9.20. The first-order chi connectivity index (χ1) is 16.2. The SMILES string of the molecule is COC1CN(C(=O)c2cc(C)ccc2C)CC1Oc1cccc(NS(=O)(=O)N2CCCC2C)c1. The van der Waals surface area contributed by atoms with E-state index in [1.165, 1.54) is 4.31 Å². The highest BCUT2D eigenvalue weighted by Crippen LogP contribution is 2.27. The van der Waals surface area contributed by atoms with Gasteiger partial charge in [0.15, 0.2) is 0 Å².